The first kappa shape index (κ1) is 15.3. The second kappa shape index (κ2) is 5.66. The Hall–Kier alpha value is -1.28. The van der Waals surface area contributed by atoms with Gasteiger partial charge < -0.3 is 9.80 Å². The van der Waals surface area contributed by atoms with Crippen molar-refractivity contribution in [1.82, 2.24) is 0 Å². The summed E-state index contributed by atoms with van der Waals surface area (Å²) in [5.41, 5.74) is 5.10. The van der Waals surface area contributed by atoms with Crippen LogP contribution in [0.1, 0.15) is 32.3 Å². The lowest BCUT2D eigenvalue weighted by atomic mass is 9.49. The van der Waals surface area contributed by atoms with Crippen LogP contribution >= 0.6 is 0 Å². The van der Waals surface area contributed by atoms with Crippen molar-refractivity contribution in [2.75, 3.05) is 37.6 Å². The van der Waals surface area contributed by atoms with Gasteiger partial charge in [0.05, 0.1) is 32.7 Å². The van der Waals surface area contributed by atoms with Gasteiger partial charge in [-0.2, -0.15) is 0 Å². The summed E-state index contributed by atoms with van der Waals surface area (Å²) in [5, 5.41) is 0. The number of anilines is 1. The molecule has 124 valence electrons. The maximum atomic E-state index is 2.59. The summed E-state index contributed by atoms with van der Waals surface area (Å²) in [5.74, 6) is 1.84. The molecular weight excluding hydrogens is 280 g/mol. The van der Waals surface area contributed by atoms with Crippen LogP contribution < -0.4 is 9.80 Å². The summed E-state index contributed by atoms with van der Waals surface area (Å²) in [6.07, 6.45) is 5.38. The molecule has 5 rings (SSSR count). The number of piperazine rings is 1. The van der Waals surface area contributed by atoms with E-state index in [4.69, 9.17) is 0 Å². The summed E-state index contributed by atoms with van der Waals surface area (Å²) < 4.78 is 0. The summed E-state index contributed by atoms with van der Waals surface area (Å²) >= 11 is 0. The number of hydrogen-bond donors (Lipinski definition) is 1. The van der Waals surface area contributed by atoms with E-state index >= 15 is 0 Å². The number of nitrogens with one attached hydrogen (secondary N) is 1. The van der Waals surface area contributed by atoms with Crippen molar-refractivity contribution >= 4 is 5.69 Å². The van der Waals surface area contributed by atoms with Crippen molar-refractivity contribution < 1.29 is 4.90 Å². The molecule has 1 N–H and O–H groups in total. The second-order valence-electron chi connectivity index (χ2n) is 8.57. The van der Waals surface area contributed by atoms with E-state index < -0.39 is 0 Å². The van der Waals surface area contributed by atoms with Crippen molar-refractivity contribution in [3.8, 4) is 0 Å². The van der Waals surface area contributed by atoms with Gasteiger partial charge >= 0.3 is 0 Å². The first-order valence-electron chi connectivity index (χ1n) is 9.38. The molecule has 4 aliphatic rings. The number of aryl methyl sites for hydroxylation is 1. The van der Waals surface area contributed by atoms with Gasteiger partial charge in [-0.1, -0.05) is 37.6 Å². The summed E-state index contributed by atoms with van der Waals surface area (Å²) in [6.45, 7) is 13.4. The van der Waals surface area contributed by atoms with Crippen molar-refractivity contribution in [2.45, 2.75) is 33.6 Å². The molecule has 1 aliphatic heterocycles. The third-order valence-corrected chi connectivity index (χ3v) is 6.91. The number of nitrogens with zero attached hydrogens (tertiary/aromatic N) is 1. The molecule has 2 fully saturated rings. The lowest BCUT2D eigenvalue weighted by molar-refractivity contribution is -0.896. The molecule has 2 atom stereocenters. The average Bonchev–Trinajstić information content (AvgIpc) is 2.56. The van der Waals surface area contributed by atoms with Gasteiger partial charge in [0.15, 0.2) is 0 Å². The lowest BCUT2D eigenvalue weighted by Gasteiger charge is -2.56. The Morgan fingerprint density at radius 1 is 1.13 bits per heavy atom. The van der Waals surface area contributed by atoms with Crippen LogP contribution in [0.25, 0.3) is 0 Å². The number of benzene rings is 1. The maximum Gasteiger partial charge on any atom is 0.0991 e. The molecule has 1 aromatic rings. The Morgan fingerprint density at radius 3 is 2.43 bits per heavy atom. The molecule has 0 amide bonds. The van der Waals surface area contributed by atoms with Crippen LogP contribution in [-0.4, -0.2) is 32.7 Å². The topological polar surface area (TPSA) is 7.68 Å². The number of hydrogen-bond acceptors (Lipinski definition) is 1. The van der Waals surface area contributed by atoms with Gasteiger partial charge in [0.2, 0.25) is 0 Å². The van der Waals surface area contributed by atoms with E-state index in [1.165, 1.54) is 56.8 Å². The maximum absolute atomic E-state index is 2.59. The number of quaternary nitrogens is 1. The normalized spacial score (nSPS) is 29.9. The van der Waals surface area contributed by atoms with Crippen LogP contribution in [0.5, 0.6) is 0 Å². The molecule has 2 bridgehead atoms. The van der Waals surface area contributed by atoms with Crippen molar-refractivity contribution in [3.63, 3.8) is 0 Å². The minimum atomic E-state index is 0.577. The van der Waals surface area contributed by atoms with Gasteiger partial charge in [-0.05, 0) is 54.7 Å². The van der Waals surface area contributed by atoms with Crippen LogP contribution in [0.15, 0.2) is 35.9 Å². The summed E-state index contributed by atoms with van der Waals surface area (Å²) in [4.78, 5) is 4.35. The Morgan fingerprint density at radius 2 is 1.83 bits per heavy atom. The Bertz CT molecular complexity index is 591. The van der Waals surface area contributed by atoms with Gasteiger partial charge in [-0.25, -0.2) is 0 Å². The fraction of sp³-hybridized carbons (Fsp3) is 0.619. The first-order chi connectivity index (χ1) is 11.0. The Balaban J connectivity index is 1.34. The van der Waals surface area contributed by atoms with Crippen molar-refractivity contribution in [1.29, 1.82) is 0 Å². The lowest BCUT2D eigenvalue weighted by Crippen LogP contribution is -3.15. The van der Waals surface area contributed by atoms with Crippen LogP contribution in [0.2, 0.25) is 0 Å². The molecule has 23 heavy (non-hydrogen) atoms. The van der Waals surface area contributed by atoms with E-state index in [9.17, 15) is 0 Å². The molecule has 1 heterocycles. The van der Waals surface area contributed by atoms with Gasteiger partial charge in [-0.3, -0.25) is 0 Å². The van der Waals surface area contributed by atoms with E-state index in [1.807, 2.05) is 0 Å². The highest BCUT2D eigenvalue weighted by Crippen LogP contribution is 2.58. The number of rotatable bonds is 3. The molecule has 0 radical (unpaired) electrons. The highest BCUT2D eigenvalue weighted by atomic mass is 15.3. The fourth-order valence-electron chi connectivity index (χ4n) is 4.98. The predicted molar refractivity (Wildman–Crippen MR) is 97.0 cm³/mol. The summed E-state index contributed by atoms with van der Waals surface area (Å²) in [6, 6.07) is 9.02. The zero-order valence-corrected chi connectivity index (χ0v) is 14.9. The first-order valence-corrected chi connectivity index (χ1v) is 9.38. The Kier molecular flexibility index (Phi) is 3.76. The second-order valence-corrected chi connectivity index (χ2v) is 8.57. The minimum absolute atomic E-state index is 0.577. The smallest absolute Gasteiger partial charge is 0.0991 e. The van der Waals surface area contributed by atoms with Crippen molar-refractivity contribution in [2.24, 2.45) is 17.3 Å². The van der Waals surface area contributed by atoms with E-state index in [0.29, 0.717) is 5.41 Å². The molecule has 0 unspecified atom stereocenters. The standard InChI is InChI=1S/C21H30N2/c1-16-4-8-19(9-5-16)23-12-10-22(11-13-23)15-17-6-7-18-14-20(17)21(18,2)3/h4-6,8-9,18,20H,7,10-15H2,1-3H3/p+1/t18-,20-/m0/s1. The fourth-order valence-corrected chi connectivity index (χ4v) is 4.98. The van der Waals surface area contributed by atoms with E-state index in [0.717, 1.165) is 11.8 Å². The van der Waals surface area contributed by atoms with Gasteiger partial charge in [0.1, 0.15) is 0 Å². The SMILES string of the molecule is Cc1ccc(N2CC[NH+](CC3=CC[C@H]4C[C@@H]3C4(C)C)CC2)cc1. The quantitative estimate of drug-likeness (QED) is 0.844. The van der Waals surface area contributed by atoms with Crippen LogP contribution in [0.3, 0.4) is 0 Å². The Labute approximate surface area is 141 Å². The van der Waals surface area contributed by atoms with Gasteiger partial charge in [-0.15, -0.1) is 0 Å². The zero-order valence-electron chi connectivity index (χ0n) is 14.9. The molecule has 1 saturated carbocycles. The van der Waals surface area contributed by atoms with Crippen LogP contribution in [-0.2, 0) is 0 Å². The molecule has 0 aromatic heterocycles. The van der Waals surface area contributed by atoms with Gasteiger partial charge in [0, 0.05) is 5.69 Å². The molecular formula is C21H31N2+. The van der Waals surface area contributed by atoms with Crippen molar-refractivity contribution in [3.05, 3.63) is 41.5 Å². The van der Waals surface area contributed by atoms with Gasteiger partial charge in [0.25, 0.3) is 0 Å². The summed E-state index contributed by atoms with van der Waals surface area (Å²) in [7, 11) is 0. The molecule has 0 spiro atoms. The monoisotopic (exact) mass is 311 g/mol. The highest BCUT2D eigenvalue weighted by molar-refractivity contribution is 5.47. The minimum Gasteiger partial charge on any atom is -0.360 e. The van der Waals surface area contributed by atoms with E-state index in [1.54, 1.807) is 10.5 Å². The van der Waals surface area contributed by atoms with Crippen LogP contribution in [0, 0.1) is 24.2 Å². The third-order valence-electron chi connectivity index (χ3n) is 6.91. The molecule has 3 aliphatic carbocycles. The molecule has 2 nitrogen and oxygen atoms in total. The van der Waals surface area contributed by atoms with E-state index in [2.05, 4.69) is 56.0 Å². The van der Waals surface area contributed by atoms with Crippen LogP contribution in [0.4, 0.5) is 5.69 Å². The van der Waals surface area contributed by atoms with E-state index in [-0.39, 0.29) is 0 Å². The average molecular weight is 311 g/mol. The predicted octanol–water partition coefficient (Wildman–Crippen LogP) is 2.69. The highest BCUT2D eigenvalue weighted by Gasteiger charge is 2.51. The number of allylic oxidation sites excluding steroid dienone is 1. The third kappa shape index (κ3) is 2.71. The number of fused-ring (bicyclic) bond motifs is 1. The zero-order chi connectivity index (χ0) is 16.0. The molecule has 2 heteroatoms. The largest absolute Gasteiger partial charge is 0.360 e. The molecule has 1 aromatic carbocycles. The molecule has 1 saturated heterocycles.